The molecule has 19 heavy (non-hydrogen) atoms. The fraction of sp³-hybridized carbons (Fsp3) is 0.385. The first kappa shape index (κ1) is 12.3. The number of halogens is 1. The lowest BCUT2D eigenvalue weighted by Gasteiger charge is -2.33. The molecule has 0 unspecified atom stereocenters. The summed E-state index contributed by atoms with van der Waals surface area (Å²) in [5.41, 5.74) is 0.829. The van der Waals surface area contributed by atoms with Gasteiger partial charge in [-0.3, -0.25) is 4.79 Å². The van der Waals surface area contributed by atoms with Crippen molar-refractivity contribution in [2.45, 2.75) is 6.92 Å². The second kappa shape index (κ2) is 4.77. The fourth-order valence-corrected chi connectivity index (χ4v) is 3.28. The first-order valence-corrected chi connectivity index (χ1v) is 7.02. The van der Waals surface area contributed by atoms with Gasteiger partial charge in [0, 0.05) is 33.1 Å². The third-order valence-electron chi connectivity index (χ3n) is 3.33. The number of amides is 1. The van der Waals surface area contributed by atoms with E-state index < -0.39 is 0 Å². The van der Waals surface area contributed by atoms with Crippen molar-refractivity contribution in [1.82, 2.24) is 9.88 Å². The number of thiazole rings is 1. The van der Waals surface area contributed by atoms with Crippen LogP contribution in [-0.4, -0.2) is 42.0 Å². The number of hydrogen-bond acceptors (Lipinski definition) is 4. The minimum atomic E-state index is -0.232. The molecule has 0 saturated carbocycles. The van der Waals surface area contributed by atoms with E-state index in [9.17, 15) is 9.18 Å². The number of rotatable bonds is 1. The fourth-order valence-electron chi connectivity index (χ4n) is 2.23. The van der Waals surface area contributed by atoms with E-state index in [4.69, 9.17) is 0 Å². The molecule has 0 atom stereocenters. The zero-order valence-corrected chi connectivity index (χ0v) is 11.4. The van der Waals surface area contributed by atoms with E-state index in [2.05, 4.69) is 9.88 Å². The molecule has 100 valence electrons. The summed E-state index contributed by atoms with van der Waals surface area (Å²) in [6.45, 7) is 4.60. The van der Waals surface area contributed by atoms with Crippen LogP contribution in [0.3, 0.4) is 0 Å². The zero-order valence-electron chi connectivity index (χ0n) is 10.6. The zero-order chi connectivity index (χ0) is 13.4. The maximum absolute atomic E-state index is 13.1. The number of carbonyl (C=O) groups is 1. The summed E-state index contributed by atoms with van der Waals surface area (Å²) in [7, 11) is 0. The van der Waals surface area contributed by atoms with Crippen LogP contribution in [0.25, 0.3) is 10.2 Å². The van der Waals surface area contributed by atoms with Gasteiger partial charge in [0.2, 0.25) is 5.91 Å². The van der Waals surface area contributed by atoms with Crippen LogP contribution in [0.4, 0.5) is 9.52 Å². The van der Waals surface area contributed by atoms with Crippen LogP contribution in [-0.2, 0) is 4.79 Å². The first-order valence-electron chi connectivity index (χ1n) is 6.20. The maximum atomic E-state index is 13.1. The number of hydrogen-bond donors (Lipinski definition) is 0. The number of aromatic nitrogens is 1. The maximum Gasteiger partial charge on any atom is 0.219 e. The Morgan fingerprint density at radius 2 is 2.05 bits per heavy atom. The van der Waals surface area contributed by atoms with Crippen molar-refractivity contribution in [3.63, 3.8) is 0 Å². The normalized spacial score (nSPS) is 16.1. The van der Waals surface area contributed by atoms with Crippen LogP contribution in [0.2, 0.25) is 0 Å². The van der Waals surface area contributed by atoms with Gasteiger partial charge in [0.15, 0.2) is 5.13 Å². The van der Waals surface area contributed by atoms with Crippen molar-refractivity contribution in [3.8, 4) is 0 Å². The van der Waals surface area contributed by atoms with Crippen molar-refractivity contribution in [1.29, 1.82) is 0 Å². The molecular weight excluding hydrogens is 265 g/mol. The Hall–Kier alpha value is -1.69. The molecule has 2 aromatic rings. The third-order valence-corrected chi connectivity index (χ3v) is 4.41. The van der Waals surface area contributed by atoms with Gasteiger partial charge in [0.05, 0.1) is 10.2 Å². The van der Waals surface area contributed by atoms with Gasteiger partial charge in [0.1, 0.15) is 5.82 Å². The van der Waals surface area contributed by atoms with Crippen LogP contribution in [0.15, 0.2) is 18.2 Å². The summed E-state index contributed by atoms with van der Waals surface area (Å²) in [6.07, 6.45) is 0. The standard InChI is InChI=1S/C13H14FN3OS/c1-9(18)16-4-6-17(7-5-16)13-15-11-3-2-10(14)8-12(11)19-13/h2-3,8H,4-7H2,1H3. The number of benzene rings is 1. The Balaban J connectivity index is 1.80. The summed E-state index contributed by atoms with van der Waals surface area (Å²) < 4.78 is 14.0. The van der Waals surface area contributed by atoms with Gasteiger partial charge >= 0.3 is 0 Å². The lowest BCUT2D eigenvalue weighted by Crippen LogP contribution is -2.48. The van der Waals surface area contributed by atoms with E-state index >= 15 is 0 Å². The molecular formula is C13H14FN3OS. The highest BCUT2D eigenvalue weighted by Crippen LogP contribution is 2.29. The van der Waals surface area contributed by atoms with Crippen molar-refractivity contribution < 1.29 is 9.18 Å². The molecule has 1 aliphatic rings. The van der Waals surface area contributed by atoms with Crippen molar-refractivity contribution >= 4 is 32.6 Å². The Kier molecular flexibility index (Phi) is 3.10. The summed E-state index contributed by atoms with van der Waals surface area (Å²) in [4.78, 5) is 19.8. The number of fused-ring (bicyclic) bond motifs is 1. The van der Waals surface area contributed by atoms with Crippen LogP contribution in [0.1, 0.15) is 6.92 Å². The summed E-state index contributed by atoms with van der Waals surface area (Å²) in [5, 5.41) is 0.906. The second-order valence-electron chi connectivity index (χ2n) is 4.60. The largest absolute Gasteiger partial charge is 0.345 e. The molecule has 6 heteroatoms. The summed E-state index contributed by atoms with van der Waals surface area (Å²) in [5.74, 6) is -0.116. The van der Waals surface area contributed by atoms with Crippen LogP contribution in [0.5, 0.6) is 0 Å². The predicted octanol–water partition coefficient (Wildman–Crippen LogP) is 2.10. The van der Waals surface area contributed by atoms with Gasteiger partial charge in [-0.25, -0.2) is 9.37 Å². The highest BCUT2D eigenvalue weighted by molar-refractivity contribution is 7.22. The predicted molar refractivity (Wildman–Crippen MR) is 74.0 cm³/mol. The van der Waals surface area contributed by atoms with Crippen LogP contribution in [0, 0.1) is 5.82 Å². The van der Waals surface area contributed by atoms with Crippen molar-refractivity contribution in [3.05, 3.63) is 24.0 Å². The van der Waals surface area contributed by atoms with Gasteiger partial charge in [-0.05, 0) is 18.2 Å². The SMILES string of the molecule is CC(=O)N1CCN(c2nc3ccc(F)cc3s2)CC1. The molecule has 0 spiro atoms. The average Bonchev–Trinajstić information content (AvgIpc) is 2.81. The van der Waals surface area contributed by atoms with Gasteiger partial charge in [-0.1, -0.05) is 11.3 Å². The average molecular weight is 279 g/mol. The third kappa shape index (κ3) is 2.40. The van der Waals surface area contributed by atoms with Gasteiger partial charge in [-0.15, -0.1) is 0 Å². The van der Waals surface area contributed by atoms with E-state index in [1.54, 1.807) is 13.0 Å². The number of carbonyl (C=O) groups excluding carboxylic acids is 1. The summed E-state index contributed by atoms with van der Waals surface area (Å²) in [6, 6.07) is 4.65. The smallest absolute Gasteiger partial charge is 0.219 e. The Labute approximate surface area is 114 Å². The molecule has 1 aliphatic heterocycles. The number of anilines is 1. The topological polar surface area (TPSA) is 36.4 Å². The molecule has 2 heterocycles. The van der Waals surface area contributed by atoms with Gasteiger partial charge in [0.25, 0.3) is 0 Å². The molecule has 1 aromatic carbocycles. The van der Waals surface area contributed by atoms with Crippen molar-refractivity contribution in [2.24, 2.45) is 0 Å². The molecule has 0 aliphatic carbocycles. The Morgan fingerprint density at radius 1 is 1.32 bits per heavy atom. The molecule has 0 bridgehead atoms. The van der Waals surface area contributed by atoms with E-state index in [0.29, 0.717) is 0 Å². The molecule has 0 radical (unpaired) electrons. The van der Waals surface area contributed by atoms with E-state index in [1.807, 2.05) is 4.90 Å². The lowest BCUT2D eigenvalue weighted by atomic mass is 10.3. The highest BCUT2D eigenvalue weighted by atomic mass is 32.1. The first-order chi connectivity index (χ1) is 9.13. The van der Waals surface area contributed by atoms with Crippen LogP contribution < -0.4 is 4.90 Å². The minimum absolute atomic E-state index is 0.117. The molecule has 4 nitrogen and oxygen atoms in total. The Bertz CT molecular complexity index is 619. The highest BCUT2D eigenvalue weighted by Gasteiger charge is 2.21. The van der Waals surface area contributed by atoms with Crippen molar-refractivity contribution in [2.75, 3.05) is 31.1 Å². The molecule has 3 rings (SSSR count). The molecule has 1 saturated heterocycles. The number of nitrogens with zero attached hydrogens (tertiary/aromatic N) is 3. The summed E-state index contributed by atoms with van der Waals surface area (Å²) >= 11 is 1.50. The minimum Gasteiger partial charge on any atom is -0.345 e. The second-order valence-corrected chi connectivity index (χ2v) is 5.61. The van der Waals surface area contributed by atoms with E-state index in [-0.39, 0.29) is 11.7 Å². The van der Waals surface area contributed by atoms with Gasteiger partial charge in [-0.2, -0.15) is 0 Å². The van der Waals surface area contributed by atoms with Crippen LogP contribution >= 0.6 is 11.3 Å². The lowest BCUT2D eigenvalue weighted by molar-refractivity contribution is -0.129. The monoisotopic (exact) mass is 279 g/mol. The molecule has 0 N–H and O–H groups in total. The van der Waals surface area contributed by atoms with E-state index in [0.717, 1.165) is 41.5 Å². The molecule has 1 amide bonds. The Morgan fingerprint density at radius 3 is 2.74 bits per heavy atom. The molecule has 1 aromatic heterocycles. The van der Waals surface area contributed by atoms with E-state index in [1.165, 1.54) is 23.5 Å². The molecule has 1 fully saturated rings. The quantitative estimate of drug-likeness (QED) is 0.802. The number of piperazine rings is 1. The van der Waals surface area contributed by atoms with Gasteiger partial charge < -0.3 is 9.80 Å².